The first-order valence-corrected chi connectivity index (χ1v) is 8.65. The molecule has 0 unspecified atom stereocenters. The van der Waals surface area contributed by atoms with Crippen molar-refractivity contribution in [3.05, 3.63) is 5.69 Å². The van der Waals surface area contributed by atoms with E-state index in [1.807, 2.05) is 6.92 Å². The van der Waals surface area contributed by atoms with E-state index >= 15 is 0 Å². The van der Waals surface area contributed by atoms with E-state index in [0.29, 0.717) is 11.8 Å². The molecule has 2 aliphatic rings. The highest BCUT2D eigenvalue weighted by atomic mass is 15.4. The van der Waals surface area contributed by atoms with Gasteiger partial charge in [0.1, 0.15) is 5.69 Å². The monoisotopic (exact) mass is 315 g/mol. The molecule has 1 aromatic rings. The Morgan fingerprint density at radius 1 is 0.739 bits per heavy atom. The summed E-state index contributed by atoms with van der Waals surface area (Å²) < 4.78 is 0. The summed E-state index contributed by atoms with van der Waals surface area (Å²) in [6.07, 6.45) is 11.8. The molecule has 2 N–H and O–H groups in total. The molecule has 23 heavy (non-hydrogen) atoms. The molecule has 2 fully saturated rings. The summed E-state index contributed by atoms with van der Waals surface area (Å²) in [5, 5.41) is 17.1. The van der Waals surface area contributed by atoms with Crippen molar-refractivity contribution < 1.29 is 0 Å². The molecule has 0 radical (unpaired) electrons. The lowest BCUT2D eigenvalue weighted by molar-refractivity contribution is 0.665. The Balaban J connectivity index is 1.63. The topological polar surface area (TPSA) is 87.5 Å². The minimum absolute atomic E-state index is 0.417. The molecule has 2 saturated carbocycles. The second-order valence-corrected chi connectivity index (χ2v) is 6.27. The molecular formula is C16H25N7. The lowest BCUT2D eigenvalue weighted by Gasteiger charge is -2.13. The Morgan fingerprint density at radius 2 is 1.30 bits per heavy atom. The average Bonchev–Trinajstić information content (AvgIpc) is 2.62. The number of hydrogen-bond acceptors (Lipinski definition) is 7. The second-order valence-electron chi connectivity index (χ2n) is 6.27. The van der Waals surface area contributed by atoms with Gasteiger partial charge in [0.25, 0.3) is 5.95 Å². The summed E-state index contributed by atoms with van der Waals surface area (Å²) >= 11 is 0. The molecule has 0 bridgehead atoms. The van der Waals surface area contributed by atoms with Crippen LogP contribution in [0.1, 0.15) is 69.9 Å². The van der Waals surface area contributed by atoms with E-state index in [9.17, 15) is 0 Å². The first-order valence-electron chi connectivity index (χ1n) is 8.65. The van der Waals surface area contributed by atoms with Crippen LogP contribution < -0.4 is 10.9 Å². The smallest absolute Gasteiger partial charge is 0.260 e. The zero-order valence-corrected chi connectivity index (χ0v) is 13.8. The van der Waals surface area contributed by atoms with Crippen molar-refractivity contribution in [2.45, 2.75) is 71.1 Å². The molecule has 0 saturated heterocycles. The summed E-state index contributed by atoms with van der Waals surface area (Å²) in [7, 11) is 0. The number of aromatic nitrogens is 3. The minimum Gasteiger partial charge on any atom is -0.260 e. The number of aryl methyl sites for hydroxylation is 1. The minimum atomic E-state index is 0.417. The molecular weight excluding hydrogens is 290 g/mol. The van der Waals surface area contributed by atoms with Crippen LogP contribution in [-0.4, -0.2) is 26.6 Å². The van der Waals surface area contributed by atoms with Crippen molar-refractivity contribution in [2.75, 3.05) is 10.9 Å². The molecule has 7 heteroatoms. The molecule has 3 rings (SSSR count). The van der Waals surface area contributed by atoms with E-state index in [1.54, 1.807) is 0 Å². The molecule has 0 atom stereocenters. The standard InChI is InChI=1S/C16H25N7/c1-12-15(21-19-13-8-4-2-5-9-13)17-16(22-18-12)23-20-14-10-6-3-7-11-14/h2-11H2,1H3,(H2,17,21,22,23). The number of anilines is 2. The van der Waals surface area contributed by atoms with Gasteiger partial charge in [-0.05, 0) is 58.3 Å². The fourth-order valence-corrected chi connectivity index (χ4v) is 2.94. The van der Waals surface area contributed by atoms with Gasteiger partial charge in [0.2, 0.25) is 0 Å². The number of hydrazone groups is 2. The lowest BCUT2D eigenvalue weighted by atomic mass is 9.99. The molecule has 7 nitrogen and oxygen atoms in total. The predicted molar refractivity (Wildman–Crippen MR) is 92.8 cm³/mol. The van der Waals surface area contributed by atoms with Crippen molar-refractivity contribution in [3.8, 4) is 0 Å². The maximum Gasteiger partial charge on any atom is 0.265 e. The van der Waals surface area contributed by atoms with Gasteiger partial charge in [-0.3, -0.25) is 5.43 Å². The molecule has 0 aliphatic heterocycles. The third kappa shape index (κ3) is 4.71. The summed E-state index contributed by atoms with van der Waals surface area (Å²) in [5.41, 5.74) is 9.12. The third-order valence-electron chi connectivity index (χ3n) is 4.35. The van der Waals surface area contributed by atoms with Gasteiger partial charge in [0, 0.05) is 11.4 Å². The molecule has 0 aromatic carbocycles. The van der Waals surface area contributed by atoms with E-state index in [0.717, 1.165) is 31.4 Å². The SMILES string of the molecule is Cc1nnc(NN=C2CCCCC2)nc1NN=C1CCCCC1. The maximum absolute atomic E-state index is 4.48. The van der Waals surface area contributed by atoms with Crippen molar-refractivity contribution in [1.29, 1.82) is 0 Å². The van der Waals surface area contributed by atoms with Crippen molar-refractivity contribution in [1.82, 2.24) is 15.2 Å². The molecule has 2 aliphatic carbocycles. The third-order valence-corrected chi connectivity index (χ3v) is 4.35. The highest BCUT2D eigenvalue weighted by Gasteiger charge is 2.10. The fourth-order valence-electron chi connectivity index (χ4n) is 2.94. The van der Waals surface area contributed by atoms with Crippen LogP contribution in [0.15, 0.2) is 10.2 Å². The number of nitrogens with zero attached hydrogens (tertiary/aromatic N) is 5. The second kappa shape index (κ2) is 7.99. The maximum atomic E-state index is 4.48. The largest absolute Gasteiger partial charge is 0.265 e. The first-order chi connectivity index (χ1) is 11.3. The van der Waals surface area contributed by atoms with E-state index in [-0.39, 0.29) is 0 Å². The summed E-state index contributed by atoms with van der Waals surface area (Å²) in [6.45, 7) is 1.88. The average molecular weight is 315 g/mol. The summed E-state index contributed by atoms with van der Waals surface area (Å²) in [5.74, 6) is 1.06. The quantitative estimate of drug-likeness (QED) is 0.828. The van der Waals surface area contributed by atoms with Crippen LogP contribution in [0.2, 0.25) is 0 Å². The van der Waals surface area contributed by atoms with E-state index in [2.05, 4.69) is 36.2 Å². The van der Waals surface area contributed by atoms with E-state index in [4.69, 9.17) is 0 Å². The molecule has 1 aromatic heterocycles. The van der Waals surface area contributed by atoms with E-state index in [1.165, 1.54) is 49.9 Å². The Labute approximate surface area is 137 Å². The van der Waals surface area contributed by atoms with Crippen molar-refractivity contribution in [3.63, 3.8) is 0 Å². The highest BCUT2D eigenvalue weighted by Crippen LogP contribution is 2.17. The Hall–Kier alpha value is -2.05. The Kier molecular flexibility index (Phi) is 5.50. The normalized spacial score (nSPS) is 18.5. The van der Waals surface area contributed by atoms with Crippen LogP contribution in [0.4, 0.5) is 11.8 Å². The fraction of sp³-hybridized carbons (Fsp3) is 0.688. The van der Waals surface area contributed by atoms with Gasteiger partial charge in [-0.2, -0.15) is 15.2 Å². The zero-order valence-electron chi connectivity index (χ0n) is 13.8. The summed E-state index contributed by atoms with van der Waals surface area (Å²) in [6, 6.07) is 0. The van der Waals surface area contributed by atoms with Gasteiger partial charge in [-0.1, -0.05) is 12.8 Å². The molecule has 124 valence electrons. The van der Waals surface area contributed by atoms with Gasteiger partial charge in [0.05, 0.1) is 0 Å². The molecule has 0 amide bonds. The van der Waals surface area contributed by atoms with Crippen molar-refractivity contribution in [2.24, 2.45) is 10.2 Å². The molecule has 1 heterocycles. The number of hydrogen-bond donors (Lipinski definition) is 2. The van der Waals surface area contributed by atoms with Gasteiger partial charge < -0.3 is 0 Å². The lowest BCUT2D eigenvalue weighted by Crippen LogP contribution is -2.11. The number of nitrogens with one attached hydrogen (secondary N) is 2. The van der Waals surface area contributed by atoms with Gasteiger partial charge in [0.15, 0.2) is 5.82 Å². The van der Waals surface area contributed by atoms with Crippen LogP contribution in [0.5, 0.6) is 0 Å². The first kappa shape index (κ1) is 15.8. The Morgan fingerprint density at radius 3 is 1.91 bits per heavy atom. The predicted octanol–water partition coefficient (Wildman–Crippen LogP) is 3.64. The van der Waals surface area contributed by atoms with Gasteiger partial charge >= 0.3 is 0 Å². The van der Waals surface area contributed by atoms with Gasteiger partial charge in [-0.25, -0.2) is 5.43 Å². The Bertz CT molecular complexity index is 578. The van der Waals surface area contributed by atoms with Crippen LogP contribution in [-0.2, 0) is 0 Å². The van der Waals surface area contributed by atoms with Crippen LogP contribution in [0, 0.1) is 6.92 Å². The highest BCUT2D eigenvalue weighted by molar-refractivity contribution is 5.86. The van der Waals surface area contributed by atoms with Crippen molar-refractivity contribution >= 4 is 23.2 Å². The van der Waals surface area contributed by atoms with Crippen LogP contribution >= 0.6 is 0 Å². The number of rotatable bonds is 4. The zero-order chi connectivity index (χ0) is 15.9. The molecule has 0 spiro atoms. The van der Waals surface area contributed by atoms with Crippen LogP contribution in [0.25, 0.3) is 0 Å². The summed E-state index contributed by atoms with van der Waals surface area (Å²) in [4.78, 5) is 4.43. The van der Waals surface area contributed by atoms with Gasteiger partial charge in [-0.15, -0.1) is 10.2 Å². The van der Waals surface area contributed by atoms with Crippen LogP contribution in [0.3, 0.4) is 0 Å². The van der Waals surface area contributed by atoms with E-state index < -0.39 is 0 Å².